The number of hydrogen-bond donors (Lipinski definition) is 1. The van der Waals surface area contributed by atoms with Crippen LogP contribution in [-0.2, 0) is 4.79 Å². The average Bonchev–Trinajstić information content (AvgIpc) is 2.60. The molecule has 1 fully saturated rings. The lowest BCUT2D eigenvalue weighted by molar-refractivity contribution is -0.138. The largest absolute Gasteiger partial charge is 0.480 e. The number of fused-ring (bicyclic) bond motifs is 1. The highest BCUT2D eigenvalue weighted by atomic mass is 35.5. The Morgan fingerprint density at radius 3 is 2.69 bits per heavy atom. The second-order valence-corrected chi connectivity index (χ2v) is 6.99. The van der Waals surface area contributed by atoms with Gasteiger partial charge in [-0.05, 0) is 44.2 Å². The third-order valence-corrected chi connectivity index (χ3v) is 5.04. The minimum Gasteiger partial charge on any atom is -0.480 e. The summed E-state index contributed by atoms with van der Waals surface area (Å²) in [5, 5.41) is 10.2. The fourth-order valence-corrected chi connectivity index (χ4v) is 3.64. The number of hydrogen-bond acceptors (Lipinski definition) is 4. The minimum atomic E-state index is -2.65. The van der Waals surface area contributed by atoms with Gasteiger partial charge in [-0.3, -0.25) is 9.69 Å². The van der Waals surface area contributed by atoms with Gasteiger partial charge in [0.05, 0.1) is 12.1 Å². The van der Waals surface area contributed by atoms with E-state index >= 15 is 0 Å². The molecular weight excluding hydrogens is 364 g/mol. The van der Waals surface area contributed by atoms with Crippen molar-refractivity contribution in [2.75, 3.05) is 31.6 Å². The maximum Gasteiger partial charge on any atom is 0.317 e. The third kappa shape index (κ3) is 4.04. The molecule has 0 bridgehead atoms. The summed E-state index contributed by atoms with van der Waals surface area (Å²) in [6.45, 7) is 1.31. The van der Waals surface area contributed by atoms with Crippen LogP contribution >= 0.6 is 11.6 Å². The average molecular weight is 384 g/mol. The van der Waals surface area contributed by atoms with Gasteiger partial charge in [0.15, 0.2) is 0 Å². The minimum absolute atomic E-state index is 0.00596. The number of halogens is 3. The summed E-state index contributed by atoms with van der Waals surface area (Å²) in [6, 6.07) is 6.64. The summed E-state index contributed by atoms with van der Waals surface area (Å²) in [7, 11) is 1.80. The molecule has 0 aliphatic carbocycles. The lowest BCUT2D eigenvalue weighted by Crippen LogP contribution is -2.45. The van der Waals surface area contributed by atoms with Gasteiger partial charge >= 0.3 is 5.97 Å². The van der Waals surface area contributed by atoms with Gasteiger partial charge in [0, 0.05) is 35.2 Å². The number of benzene rings is 1. The first-order chi connectivity index (χ1) is 12.3. The van der Waals surface area contributed by atoms with Gasteiger partial charge in [-0.25, -0.2) is 13.8 Å². The fourth-order valence-electron chi connectivity index (χ4n) is 3.46. The zero-order valence-electron chi connectivity index (χ0n) is 14.3. The van der Waals surface area contributed by atoms with E-state index in [9.17, 15) is 13.6 Å². The van der Waals surface area contributed by atoms with Gasteiger partial charge in [-0.1, -0.05) is 11.6 Å². The maximum atomic E-state index is 13.2. The van der Waals surface area contributed by atoms with E-state index in [1.54, 1.807) is 25.2 Å². The first-order valence-electron chi connectivity index (χ1n) is 8.40. The van der Waals surface area contributed by atoms with E-state index in [2.05, 4.69) is 9.88 Å². The van der Waals surface area contributed by atoms with Crippen LogP contribution in [0.15, 0.2) is 24.3 Å². The highest BCUT2D eigenvalue weighted by Crippen LogP contribution is 2.33. The molecule has 1 aliphatic heterocycles. The number of carbonyl (C=O) groups is 1. The monoisotopic (exact) mass is 383 g/mol. The molecule has 1 aliphatic rings. The number of rotatable bonds is 5. The van der Waals surface area contributed by atoms with Crippen LogP contribution in [0.25, 0.3) is 10.9 Å². The molecule has 0 amide bonds. The van der Waals surface area contributed by atoms with Crippen molar-refractivity contribution in [3.05, 3.63) is 35.0 Å². The molecule has 0 saturated carbocycles. The third-order valence-electron chi connectivity index (χ3n) is 4.81. The van der Waals surface area contributed by atoms with Crippen LogP contribution in [0, 0.1) is 0 Å². The Bertz CT molecular complexity index is 810. The Hall–Kier alpha value is -1.99. The SMILES string of the molecule is CN(CC(=O)O)C1CCN(c2cc(C(F)F)nc3ccc(Cl)cc23)CC1. The fraction of sp³-hybridized carbons (Fsp3) is 0.444. The van der Waals surface area contributed by atoms with Crippen LogP contribution in [0.2, 0.25) is 5.02 Å². The predicted octanol–water partition coefficient (Wildman–Crippen LogP) is 3.81. The number of aliphatic carboxylic acids is 1. The van der Waals surface area contributed by atoms with Gasteiger partial charge in [-0.15, -0.1) is 0 Å². The van der Waals surface area contributed by atoms with Crippen molar-refractivity contribution in [3.8, 4) is 0 Å². The molecule has 2 heterocycles. The predicted molar refractivity (Wildman–Crippen MR) is 97.2 cm³/mol. The summed E-state index contributed by atoms with van der Waals surface area (Å²) in [6.07, 6.45) is -1.12. The van der Waals surface area contributed by atoms with Crippen molar-refractivity contribution >= 4 is 34.2 Å². The maximum absolute atomic E-state index is 13.2. The van der Waals surface area contributed by atoms with Gasteiger partial charge in [0.25, 0.3) is 6.43 Å². The Morgan fingerprint density at radius 1 is 1.38 bits per heavy atom. The van der Waals surface area contributed by atoms with Gasteiger partial charge in [-0.2, -0.15) is 0 Å². The number of likely N-dealkylation sites (N-methyl/N-ethyl adjacent to an activating group) is 1. The van der Waals surface area contributed by atoms with Gasteiger partial charge in [0.1, 0.15) is 5.69 Å². The van der Waals surface area contributed by atoms with Gasteiger partial charge < -0.3 is 10.0 Å². The highest BCUT2D eigenvalue weighted by molar-refractivity contribution is 6.31. The van der Waals surface area contributed by atoms with Crippen molar-refractivity contribution in [2.45, 2.75) is 25.3 Å². The van der Waals surface area contributed by atoms with Crippen LogP contribution in [0.1, 0.15) is 25.0 Å². The lowest BCUT2D eigenvalue weighted by atomic mass is 10.0. The molecule has 0 spiro atoms. The molecule has 0 unspecified atom stereocenters. The number of piperidine rings is 1. The number of anilines is 1. The molecule has 140 valence electrons. The number of alkyl halides is 2. The van der Waals surface area contributed by atoms with E-state index in [0.29, 0.717) is 29.3 Å². The van der Waals surface area contributed by atoms with Crippen molar-refractivity contribution < 1.29 is 18.7 Å². The molecule has 1 aromatic heterocycles. The van der Waals surface area contributed by atoms with Crippen LogP contribution in [0.5, 0.6) is 0 Å². The second kappa shape index (κ2) is 7.72. The lowest BCUT2D eigenvalue weighted by Gasteiger charge is -2.37. The molecule has 0 atom stereocenters. The molecule has 5 nitrogen and oxygen atoms in total. The molecule has 3 rings (SSSR count). The van der Waals surface area contributed by atoms with E-state index in [1.807, 2.05) is 4.90 Å². The van der Waals surface area contributed by atoms with E-state index < -0.39 is 12.4 Å². The van der Waals surface area contributed by atoms with E-state index in [-0.39, 0.29) is 18.3 Å². The summed E-state index contributed by atoms with van der Waals surface area (Å²) in [5.74, 6) is -0.855. The van der Waals surface area contributed by atoms with Crippen LogP contribution < -0.4 is 4.90 Å². The first-order valence-corrected chi connectivity index (χ1v) is 8.78. The molecule has 26 heavy (non-hydrogen) atoms. The number of carboxylic acid groups (broad SMARTS) is 1. The standard InChI is InChI=1S/C18H20ClF2N3O2/c1-23(10-17(25)26)12-4-6-24(7-5-12)16-9-15(18(20)21)22-14-3-2-11(19)8-13(14)16/h2-3,8-9,12,18H,4-7,10H2,1H3,(H,25,26). The number of nitrogens with zero attached hydrogens (tertiary/aromatic N) is 3. The molecular formula is C18H20ClF2N3O2. The van der Waals surface area contributed by atoms with Crippen molar-refractivity contribution in [3.63, 3.8) is 0 Å². The Labute approximate surface area is 155 Å². The molecule has 8 heteroatoms. The van der Waals surface area contributed by atoms with Gasteiger partial charge in [0.2, 0.25) is 0 Å². The van der Waals surface area contributed by atoms with Crippen LogP contribution in [-0.4, -0.2) is 53.7 Å². The van der Waals surface area contributed by atoms with Crippen molar-refractivity contribution in [1.82, 2.24) is 9.88 Å². The number of pyridine rings is 1. The zero-order valence-corrected chi connectivity index (χ0v) is 15.1. The number of carboxylic acids is 1. The molecule has 1 saturated heterocycles. The zero-order chi connectivity index (χ0) is 18.8. The van der Waals surface area contributed by atoms with Crippen LogP contribution in [0.4, 0.5) is 14.5 Å². The quantitative estimate of drug-likeness (QED) is 0.850. The Kier molecular flexibility index (Phi) is 5.58. The van der Waals surface area contributed by atoms with E-state index in [4.69, 9.17) is 16.7 Å². The summed E-state index contributed by atoms with van der Waals surface area (Å²) in [5.41, 5.74) is 0.944. The molecule has 2 aromatic rings. The van der Waals surface area contributed by atoms with Crippen LogP contribution in [0.3, 0.4) is 0 Å². The Morgan fingerprint density at radius 2 is 2.08 bits per heavy atom. The molecule has 1 N–H and O–H groups in total. The summed E-state index contributed by atoms with van der Waals surface area (Å²) < 4.78 is 26.5. The second-order valence-electron chi connectivity index (χ2n) is 6.56. The summed E-state index contributed by atoms with van der Waals surface area (Å²) in [4.78, 5) is 18.8. The summed E-state index contributed by atoms with van der Waals surface area (Å²) >= 11 is 6.09. The van der Waals surface area contributed by atoms with Crippen molar-refractivity contribution in [2.24, 2.45) is 0 Å². The van der Waals surface area contributed by atoms with E-state index in [1.165, 1.54) is 6.07 Å². The number of aromatic nitrogens is 1. The van der Waals surface area contributed by atoms with Crippen molar-refractivity contribution in [1.29, 1.82) is 0 Å². The molecule has 1 aromatic carbocycles. The highest BCUT2D eigenvalue weighted by Gasteiger charge is 2.25. The van der Waals surface area contributed by atoms with E-state index in [0.717, 1.165) is 18.2 Å². The smallest absolute Gasteiger partial charge is 0.317 e. The Balaban J connectivity index is 1.86. The topological polar surface area (TPSA) is 56.7 Å². The molecule has 0 radical (unpaired) electrons. The normalized spacial score (nSPS) is 16.0. The first kappa shape index (κ1) is 18.8.